The number of hydrogen-bond donors (Lipinski definition) is 3. The molecule has 6 nitrogen and oxygen atoms in total. The van der Waals surface area contributed by atoms with Gasteiger partial charge in [-0.15, -0.1) is 0 Å². The molecule has 23 heavy (non-hydrogen) atoms. The van der Waals surface area contributed by atoms with E-state index in [-0.39, 0.29) is 18.2 Å². The lowest BCUT2D eigenvalue weighted by Gasteiger charge is -2.38. The number of amides is 2. The predicted octanol–water partition coefficient (Wildman–Crippen LogP) is 1.69. The molecule has 6 heteroatoms. The number of aryl methyl sites for hydroxylation is 1. The second kappa shape index (κ2) is 6.81. The van der Waals surface area contributed by atoms with Crippen LogP contribution in [0.4, 0.5) is 0 Å². The van der Waals surface area contributed by atoms with Crippen LogP contribution in [0.15, 0.2) is 24.3 Å². The molecule has 1 atom stereocenters. The van der Waals surface area contributed by atoms with Crippen molar-refractivity contribution < 1.29 is 19.5 Å². The Balaban J connectivity index is 2.08. The van der Waals surface area contributed by atoms with Gasteiger partial charge in [-0.25, -0.2) is 4.79 Å². The first-order valence-electron chi connectivity index (χ1n) is 7.70. The zero-order chi connectivity index (χ0) is 17.0. The Morgan fingerprint density at radius 1 is 1.22 bits per heavy atom. The van der Waals surface area contributed by atoms with Gasteiger partial charge in [-0.05, 0) is 31.7 Å². The maximum Gasteiger partial charge on any atom is 0.329 e. The van der Waals surface area contributed by atoms with E-state index in [1.807, 2.05) is 31.2 Å². The fraction of sp³-hybridized carbons (Fsp3) is 0.471. The molecule has 2 rings (SSSR count). The van der Waals surface area contributed by atoms with Gasteiger partial charge >= 0.3 is 5.97 Å². The van der Waals surface area contributed by atoms with Crippen molar-refractivity contribution in [2.45, 2.75) is 51.1 Å². The van der Waals surface area contributed by atoms with Crippen molar-refractivity contribution in [2.75, 3.05) is 0 Å². The van der Waals surface area contributed by atoms with Crippen LogP contribution in [0.1, 0.15) is 49.8 Å². The van der Waals surface area contributed by atoms with Gasteiger partial charge in [-0.1, -0.05) is 29.8 Å². The van der Waals surface area contributed by atoms with Gasteiger partial charge in [0.25, 0.3) is 0 Å². The van der Waals surface area contributed by atoms with Gasteiger partial charge in [-0.3, -0.25) is 9.59 Å². The van der Waals surface area contributed by atoms with Crippen molar-refractivity contribution >= 4 is 17.8 Å². The van der Waals surface area contributed by atoms with Crippen molar-refractivity contribution in [1.82, 2.24) is 10.6 Å². The van der Waals surface area contributed by atoms with Crippen LogP contribution in [0.3, 0.4) is 0 Å². The molecule has 2 amide bonds. The molecule has 3 N–H and O–H groups in total. The molecule has 1 unspecified atom stereocenters. The Bertz CT molecular complexity index is 606. The molecule has 0 aromatic heterocycles. The number of aliphatic carboxylic acids is 1. The highest BCUT2D eigenvalue weighted by Crippen LogP contribution is 2.32. The van der Waals surface area contributed by atoms with Crippen LogP contribution in [0.2, 0.25) is 0 Å². The average molecular weight is 318 g/mol. The van der Waals surface area contributed by atoms with Gasteiger partial charge in [0.05, 0.1) is 12.5 Å². The minimum atomic E-state index is -1.13. The van der Waals surface area contributed by atoms with Crippen molar-refractivity contribution in [3.63, 3.8) is 0 Å². The largest absolute Gasteiger partial charge is 0.480 e. The second-order valence-electron chi connectivity index (χ2n) is 6.16. The number of hydrogen-bond acceptors (Lipinski definition) is 3. The van der Waals surface area contributed by atoms with Crippen molar-refractivity contribution in [3.05, 3.63) is 35.4 Å². The lowest BCUT2D eigenvalue weighted by molar-refractivity contribution is -0.152. The van der Waals surface area contributed by atoms with E-state index in [1.54, 1.807) is 0 Å². The first-order chi connectivity index (χ1) is 10.8. The van der Waals surface area contributed by atoms with E-state index in [9.17, 15) is 19.5 Å². The smallest absolute Gasteiger partial charge is 0.329 e. The van der Waals surface area contributed by atoms with E-state index in [0.717, 1.165) is 17.5 Å². The van der Waals surface area contributed by atoms with E-state index in [0.29, 0.717) is 12.8 Å². The van der Waals surface area contributed by atoms with Crippen LogP contribution in [0.25, 0.3) is 0 Å². The normalized spacial score (nSPS) is 16.8. The summed E-state index contributed by atoms with van der Waals surface area (Å²) < 4.78 is 0. The summed E-state index contributed by atoms with van der Waals surface area (Å²) in [5.41, 5.74) is 0.767. The van der Waals surface area contributed by atoms with Crippen LogP contribution in [-0.4, -0.2) is 28.4 Å². The van der Waals surface area contributed by atoms with E-state index in [2.05, 4.69) is 10.6 Å². The summed E-state index contributed by atoms with van der Waals surface area (Å²) in [7, 11) is 0. The standard InChI is InChI=1S/C17H22N2O4/c1-11-4-6-13(7-5-11)14(18-12(2)20)10-15(21)19-17(16(22)23)8-3-9-17/h4-7,14H,3,8-10H2,1-2H3,(H,18,20)(H,19,21)(H,22,23). The Labute approximate surface area is 135 Å². The summed E-state index contributed by atoms with van der Waals surface area (Å²) in [6, 6.07) is 7.07. The highest BCUT2D eigenvalue weighted by molar-refractivity contribution is 5.88. The van der Waals surface area contributed by atoms with Crippen LogP contribution in [0.5, 0.6) is 0 Å². The Hall–Kier alpha value is -2.37. The van der Waals surface area contributed by atoms with Crippen LogP contribution in [0, 0.1) is 6.92 Å². The molecule has 1 aromatic carbocycles. The SMILES string of the molecule is CC(=O)NC(CC(=O)NC1(C(=O)O)CCC1)c1ccc(C)cc1. The number of carboxylic acid groups (broad SMARTS) is 1. The van der Waals surface area contributed by atoms with E-state index in [4.69, 9.17) is 0 Å². The van der Waals surface area contributed by atoms with E-state index < -0.39 is 17.6 Å². The number of carbonyl (C=O) groups excluding carboxylic acids is 2. The van der Waals surface area contributed by atoms with Crippen molar-refractivity contribution in [3.8, 4) is 0 Å². The molecule has 1 aromatic rings. The monoisotopic (exact) mass is 318 g/mol. The highest BCUT2D eigenvalue weighted by atomic mass is 16.4. The molecule has 0 radical (unpaired) electrons. The van der Waals surface area contributed by atoms with E-state index >= 15 is 0 Å². The number of carbonyl (C=O) groups is 3. The lowest BCUT2D eigenvalue weighted by Crippen LogP contribution is -2.59. The van der Waals surface area contributed by atoms with E-state index in [1.165, 1.54) is 6.92 Å². The zero-order valence-electron chi connectivity index (χ0n) is 13.4. The molecule has 1 fully saturated rings. The summed E-state index contributed by atoms with van der Waals surface area (Å²) in [4.78, 5) is 35.0. The lowest BCUT2D eigenvalue weighted by atomic mass is 9.76. The maximum absolute atomic E-state index is 12.3. The van der Waals surface area contributed by atoms with Crippen LogP contribution >= 0.6 is 0 Å². The Kier molecular flexibility index (Phi) is 5.03. The molecular formula is C17H22N2O4. The highest BCUT2D eigenvalue weighted by Gasteiger charge is 2.45. The van der Waals surface area contributed by atoms with Crippen molar-refractivity contribution in [2.24, 2.45) is 0 Å². The van der Waals surface area contributed by atoms with Crippen LogP contribution in [-0.2, 0) is 14.4 Å². The average Bonchev–Trinajstić information content (AvgIpc) is 2.42. The third-order valence-electron chi connectivity index (χ3n) is 4.24. The fourth-order valence-corrected chi connectivity index (χ4v) is 2.72. The number of benzene rings is 1. The first kappa shape index (κ1) is 17.0. The summed E-state index contributed by atoms with van der Waals surface area (Å²) >= 11 is 0. The minimum absolute atomic E-state index is 0.0116. The van der Waals surface area contributed by atoms with Gasteiger partial charge < -0.3 is 15.7 Å². The molecule has 1 aliphatic rings. The quantitative estimate of drug-likeness (QED) is 0.743. The maximum atomic E-state index is 12.3. The molecule has 0 spiro atoms. The van der Waals surface area contributed by atoms with Crippen molar-refractivity contribution in [1.29, 1.82) is 0 Å². The molecule has 0 saturated heterocycles. The summed E-state index contributed by atoms with van der Waals surface area (Å²) in [5, 5.41) is 14.7. The zero-order valence-corrected chi connectivity index (χ0v) is 13.4. The molecule has 124 valence electrons. The Morgan fingerprint density at radius 3 is 2.26 bits per heavy atom. The first-order valence-corrected chi connectivity index (χ1v) is 7.70. The third kappa shape index (κ3) is 4.09. The van der Waals surface area contributed by atoms with Crippen LogP contribution < -0.4 is 10.6 Å². The van der Waals surface area contributed by atoms with Gasteiger partial charge in [-0.2, -0.15) is 0 Å². The van der Waals surface area contributed by atoms with Gasteiger partial charge in [0, 0.05) is 6.92 Å². The third-order valence-corrected chi connectivity index (χ3v) is 4.24. The van der Waals surface area contributed by atoms with Gasteiger partial charge in [0.15, 0.2) is 0 Å². The van der Waals surface area contributed by atoms with Gasteiger partial charge in [0.1, 0.15) is 5.54 Å². The molecule has 0 aliphatic heterocycles. The topological polar surface area (TPSA) is 95.5 Å². The molecule has 1 aliphatic carbocycles. The van der Waals surface area contributed by atoms with Gasteiger partial charge in [0.2, 0.25) is 11.8 Å². The summed E-state index contributed by atoms with van der Waals surface area (Å²) in [5.74, 6) is -1.60. The molecule has 0 heterocycles. The second-order valence-corrected chi connectivity index (χ2v) is 6.16. The fourth-order valence-electron chi connectivity index (χ4n) is 2.72. The minimum Gasteiger partial charge on any atom is -0.480 e. The Morgan fingerprint density at radius 2 is 1.83 bits per heavy atom. The summed E-state index contributed by atoms with van der Waals surface area (Å²) in [6.07, 6.45) is 1.70. The molecule has 1 saturated carbocycles. The number of rotatable bonds is 6. The number of carboxylic acids is 1. The summed E-state index contributed by atoms with van der Waals surface area (Å²) in [6.45, 7) is 3.35. The number of nitrogens with one attached hydrogen (secondary N) is 2. The molecular weight excluding hydrogens is 296 g/mol. The predicted molar refractivity (Wildman–Crippen MR) is 84.7 cm³/mol. The molecule has 0 bridgehead atoms.